The van der Waals surface area contributed by atoms with Gasteiger partial charge in [0, 0.05) is 33.0 Å². The lowest BCUT2D eigenvalue weighted by Gasteiger charge is -2.25. The molecular weight excluding hydrogens is 681 g/mol. The lowest BCUT2D eigenvalue weighted by atomic mass is 9.94. The first kappa shape index (κ1) is 34.6. The van der Waals surface area contributed by atoms with Crippen molar-refractivity contribution in [1.29, 1.82) is 0 Å². The molecule has 0 amide bonds. The van der Waals surface area contributed by atoms with Crippen LogP contribution in [0.1, 0.15) is 19.1 Å². The summed E-state index contributed by atoms with van der Waals surface area (Å²) in [4.78, 5) is 5.29. The number of hydrogen-bond donors (Lipinski definition) is 1. The Morgan fingerprint density at radius 3 is 2.18 bits per heavy atom. The number of allylic oxidation sites excluding steroid dienone is 8. The van der Waals surface area contributed by atoms with E-state index in [1.54, 1.807) is 6.08 Å². The van der Waals surface area contributed by atoms with Gasteiger partial charge in [-0.25, -0.2) is 4.99 Å². The van der Waals surface area contributed by atoms with Crippen LogP contribution in [0.2, 0.25) is 0 Å². The lowest BCUT2D eigenvalue weighted by molar-refractivity contribution is 0.489. The Morgan fingerprint density at radius 2 is 1.34 bits per heavy atom. The normalized spacial score (nSPS) is 14.6. The quantitative estimate of drug-likeness (QED) is 0.0805. The fraction of sp³-hybridized carbons (Fsp3) is 0.0577. The largest absolute Gasteiger partial charge is 0.345 e. The Kier molecular flexibility index (Phi) is 9.22. The molecule has 0 saturated heterocycles. The molecule has 1 aliphatic rings. The fourth-order valence-electron chi connectivity index (χ4n) is 8.17. The van der Waals surface area contributed by atoms with Crippen LogP contribution in [0, 0.1) is 0 Å². The summed E-state index contributed by atoms with van der Waals surface area (Å²) < 4.78 is 4.68. The third-order valence-corrected chi connectivity index (χ3v) is 10.7. The van der Waals surface area contributed by atoms with Gasteiger partial charge < -0.3 is 14.5 Å². The Morgan fingerprint density at radius 1 is 0.643 bits per heavy atom. The number of nitrogens with one attached hydrogen (secondary N) is 1. The number of nitrogens with zero attached hydrogens (tertiary/aromatic N) is 3. The molecule has 0 fully saturated rings. The van der Waals surface area contributed by atoms with Gasteiger partial charge in [0.1, 0.15) is 0 Å². The SMILES string of the molecule is C=C\C=C/C=C/C=C\C(=C)C1=c2ccccc2=NC(n2c3ccccc3c3cc(-c4cc5c(c6ccccc46)c4ccccc4n5/C=C/CCC=C)ccc32)N1. The first-order chi connectivity index (χ1) is 27.7. The first-order valence-corrected chi connectivity index (χ1v) is 19.2. The molecule has 0 saturated carbocycles. The van der Waals surface area contributed by atoms with Crippen molar-refractivity contribution in [3.05, 3.63) is 212 Å². The zero-order valence-electron chi connectivity index (χ0n) is 31.3. The Balaban J connectivity index is 1.20. The van der Waals surface area contributed by atoms with E-state index in [-0.39, 0.29) is 6.29 Å². The van der Waals surface area contributed by atoms with Crippen LogP contribution in [0.4, 0.5) is 0 Å². The predicted octanol–water partition coefficient (Wildman–Crippen LogP) is 12.1. The van der Waals surface area contributed by atoms with Gasteiger partial charge in [-0.3, -0.25) is 0 Å². The van der Waals surface area contributed by atoms with Crippen LogP contribution in [0.3, 0.4) is 0 Å². The molecule has 1 atom stereocenters. The molecule has 9 rings (SSSR count). The molecule has 1 aliphatic heterocycles. The van der Waals surface area contributed by atoms with Crippen LogP contribution in [-0.2, 0) is 0 Å². The third kappa shape index (κ3) is 6.02. The van der Waals surface area contributed by atoms with Crippen LogP contribution in [0.15, 0.2) is 206 Å². The standard InChI is InChI=1S/C52H42N4/c1-4-6-8-10-11-12-22-36(3)51-41-26-15-18-28-45(41)53-52(54-51)56-47-30-20-16-24-39(47)44-34-37(31-32-48(44)56)43-35-49-50(40-25-14-13-23-38(40)43)42-27-17-19-29-46(42)55(49)33-21-9-7-5-2/h4-6,8,10-35,52,54H,1-3,7,9H2/b8-6-,11-10+,22-12-,33-21+. The van der Waals surface area contributed by atoms with E-state index >= 15 is 0 Å². The van der Waals surface area contributed by atoms with Gasteiger partial charge in [0.05, 0.1) is 33.1 Å². The minimum atomic E-state index is -0.384. The van der Waals surface area contributed by atoms with E-state index in [4.69, 9.17) is 4.99 Å². The third-order valence-electron chi connectivity index (χ3n) is 10.7. The summed E-state index contributed by atoms with van der Waals surface area (Å²) in [5.74, 6) is 0. The fourth-order valence-corrected chi connectivity index (χ4v) is 8.17. The van der Waals surface area contributed by atoms with Crippen molar-refractivity contribution in [3.8, 4) is 11.1 Å². The van der Waals surface area contributed by atoms with Crippen LogP contribution >= 0.6 is 0 Å². The number of rotatable bonds is 11. The van der Waals surface area contributed by atoms with Crippen molar-refractivity contribution in [3.63, 3.8) is 0 Å². The summed E-state index contributed by atoms with van der Waals surface area (Å²) in [6.45, 7) is 12.1. The average molecular weight is 723 g/mol. The van der Waals surface area contributed by atoms with Gasteiger partial charge in [0.25, 0.3) is 0 Å². The maximum Gasteiger partial charge on any atom is 0.201 e. The van der Waals surface area contributed by atoms with E-state index in [1.165, 1.54) is 54.5 Å². The van der Waals surface area contributed by atoms with Gasteiger partial charge in [-0.1, -0.05) is 153 Å². The molecule has 4 nitrogen and oxygen atoms in total. The highest BCUT2D eigenvalue weighted by Gasteiger charge is 2.23. The van der Waals surface area contributed by atoms with E-state index in [2.05, 4.69) is 162 Å². The van der Waals surface area contributed by atoms with Crippen LogP contribution < -0.4 is 15.9 Å². The Bertz CT molecular complexity index is 3120. The highest BCUT2D eigenvalue weighted by Crippen LogP contribution is 2.42. The van der Waals surface area contributed by atoms with E-state index in [0.717, 1.165) is 45.7 Å². The molecule has 1 N–H and O–H groups in total. The minimum absolute atomic E-state index is 0.384. The van der Waals surface area contributed by atoms with E-state index in [1.807, 2.05) is 48.6 Å². The van der Waals surface area contributed by atoms with E-state index in [0.29, 0.717) is 0 Å². The van der Waals surface area contributed by atoms with E-state index < -0.39 is 0 Å². The van der Waals surface area contributed by atoms with Crippen LogP contribution in [0.25, 0.3) is 77.4 Å². The number of para-hydroxylation sites is 3. The first-order valence-electron chi connectivity index (χ1n) is 19.2. The smallest absolute Gasteiger partial charge is 0.201 e. The summed E-state index contributed by atoms with van der Waals surface area (Å²) in [7, 11) is 0. The van der Waals surface area contributed by atoms with Crippen molar-refractivity contribution >= 4 is 66.3 Å². The summed E-state index contributed by atoms with van der Waals surface area (Å²) in [6, 6.07) is 43.8. The Hall–Kier alpha value is -7.17. The molecule has 0 spiro atoms. The van der Waals surface area contributed by atoms with Gasteiger partial charge >= 0.3 is 0 Å². The van der Waals surface area contributed by atoms with Gasteiger partial charge in [-0.05, 0) is 76.7 Å². The predicted molar refractivity (Wildman–Crippen MR) is 240 cm³/mol. The molecular formula is C52H42N4. The summed E-state index contributed by atoms with van der Waals surface area (Å²) >= 11 is 0. The number of unbranched alkanes of at least 4 members (excludes halogenated alkanes) is 1. The second-order valence-corrected chi connectivity index (χ2v) is 14.0. The van der Waals surface area contributed by atoms with E-state index in [9.17, 15) is 0 Å². The highest BCUT2D eigenvalue weighted by molar-refractivity contribution is 6.24. The van der Waals surface area contributed by atoms with Gasteiger partial charge in [-0.15, -0.1) is 6.58 Å². The molecule has 0 radical (unpaired) electrons. The lowest BCUT2D eigenvalue weighted by Crippen LogP contribution is -2.41. The van der Waals surface area contributed by atoms with Crippen molar-refractivity contribution in [2.45, 2.75) is 19.1 Å². The molecule has 0 bridgehead atoms. The van der Waals surface area contributed by atoms with Crippen molar-refractivity contribution in [2.24, 2.45) is 4.99 Å². The molecule has 4 heteroatoms. The molecule has 8 aromatic rings. The Labute approximate surface area is 326 Å². The molecule has 3 heterocycles. The topological polar surface area (TPSA) is 34.2 Å². The zero-order valence-corrected chi connectivity index (χ0v) is 31.3. The second kappa shape index (κ2) is 14.9. The number of benzene rings is 6. The van der Waals surface area contributed by atoms with Crippen molar-refractivity contribution < 1.29 is 0 Å². The molecule has 6 aromatic carbocycles. The summed E-state index contributed by atoms with van der Waals surface area (Å²) in [5.41, 5.74) is 8.85. The summed E-state index contributed by atoms with van der Waals surface area (Å²) in [6.07, 6.45) is 21.6. The highest BCUT2D eigenvalue weighted by atomic mass is 15.3. The second-order valence-electron chi connectivity index (χ2n) is 14.0. The molecule has 56 heavy (non-hydrogen) atoms. The summed E-state index contributed by atoms with van der Waals surface area (Å²) in [5, 5.41) is 13.1. The maximum atomic E-state index is 5.29. The average Bonchev–Trinajstić information content (AvgIpc) is 3.75. The van der Waals surface area contributed by atoms with Crippen molar-refractivity contribution in [2.75, 3.05) is 0 Å². The number of fused-ring (bicyclic) bond motifs is 9. The van der Waals surface area contributed by atoms with Crippen LogP contribution in [0.5, 0.6) is 0 Å². The zero-order chi connectivity index (χ0) is 38.0. The van der Waals surface area contributed by atoms with Crippen molar-refractivity contribution in [1.82, 2.24) is 14.5 Å². The minimum Gasteiger partial charge on any atom is -0.345 e. The van der Waals surface area contributed by atoms with Gasteiger partial charge in [0.2, 0.25) is 6.29 Å². The monoisotopic (exact) mass is 722 g/mol. The molecule has 0 aliphatic carbocycles. The number of aromatic nitrogens is 2. The van der Waals surface area contributed by atoms with Gasteiger partial charge in [-0.2, -0.15) is 0 Å². The van der Waals surface area contributed by atoms with Gasteiger partial charge in [0.15, 0.2) is 0 Å². The maximum absolute atomic E-state index is 5.29. The molecule has 270 valence electrons. The van der Waals surface area contributed by atoms with Crippen LogP contribution in [-0.4, -0.2) is 9.13 Å². The number of hydrogen-bond acceptors (Lipinski definition) is 2. The molecule has 1 unspecified atom stereocenters. The molecule has 2 aromatic heterocycles.